The first kappa shape index (κ1) is 23.8. The van der Waals surface area contributed by atoms with Crippen molar-refractivity contribution in [3.63, 3.8) is 0 Å². The largest absolute Gasteiger partial charge is 0.368 e. The van der Waals surface area contributed by atoms with E-state index in [4.69, 9.17) is 4.52 Å². The van der Waals surface area contributed by atoms with Crippen molar-refractivity contribution in [1.29, 1.82) is 0 Å². The van der Waals surface area contributed by atoms with Crippen molar-refractivity contribution in [2.75, 3.05) is 56.1 Å². The van der Waals surface area contributed by atoms with Gasteiger partial charge in [0.05, 0.1) is 5.41 Å². The fraction of sp³-hybridized carbons (Fsp3) is 0.643. The molecule has 194 valence electrons. The standard InChI is InChI=1S/C28H38FN5O2/c1-30-25(35)27(12-14-32(15-13-27)24-6-19-36-31-24)20-26(7-8-26)11-16-34-18-17-33(21-28(34)9-10-28)23-4-2-22(29)3-5-23/h2-6,19H,7-18,20-21H2,1H3,(H,30,35). The highest BCUT2D eigenvalue weighted by atomic mass is 19.1. The van der Waals surface area contributed by atoms with Crippen LogP contribution in [0.1, 0.15) is 51.4 Å². The topological polar surface area (TPSA) is 64.9 Å². The summed E-state index contributed by atoms with van der Waals surface area (Å²) in [5.41, 5.74) is 1.42. The number of piperidine rings is 1. The van der Waals surface area contributed by atoms with E-state index in [1.165, 1.54) is 32.1 Å². The molecular weight excluding hydrogens is 457 g/mol. The number of benzene rings is 1. The molecule has 2 saturated carbocycles. The van der Waals surface area contributed by atoms with Gasteiger partial charge in [0, 0.05) is 57.1 Å². The molecule has 1 aromatic heterocycles. The van der Waals surface area contributed by atoms with E-state index in [1.54, 1.807) is 25.4 Å². The molecule has 3 heterocycles. The minimum atomic E-state index is -0.288. The van der Waals surface area contributed by atoms with Gasteiger partial charge in [-0.25, -0.2) is 4.39 Å². The van der Waals surface area contributed by atoms with Gasteiger partial charge < -0.3 is 19.6 Å². The summed E-state index contributed by atoms with van der Waals surface area (Å²) in [6.45, 7) is 5.87. The second-order valence-corrected chi connectivity index (χ2v) is 11.7. The minimum Gasteiger partial charge on any atom is -0.368 e. The first-order valence-corrected chi connectivity index (χ1v) is 13.6. The normalized spacial score (nSPS) is 24.1. The van der Waals surface area contributed by atoms with Crippen LogP contribution in [-0.4, -0.2) is 67.8 Å². The summed E-state index contributed by atoms with van der Waals surface area (Å²) < 4.78 is 18.4. The molecule has 0 unspecified atom stereocenters. The molecule has 1 N–H and O–H groups in total. The molecule has 1 amide bonds. The zero-order chi connectivity index (χ0) is 24.8. The lowest BCUT2D eigenvalue weighted by molar-refractivity contribution is -0.133. The predicted molar refractivity (Wildman–Crippen MR) is 138 cm³/mol. The molecule has 2 aliphatic carbocycles. The van der Waals surface area contributed by atoms with E-state index >= 15 is 0 Å². The summed E-state index contributed by atoms with van der Waals surface area (Å²) in [6, 6.07) is 8.85. The Kier molecular flexibility index (Phi) is 5.97. The van der Waals surface area contributed by atoms with Crippen LogP contribution < -0.4 is 15.1 Å². The summed E-state index contributed by atoms with van der Waals surface area (Å²) >= 11 is 0. The molecule has 0 atom stereocenters. The highest BCUT2D eigenvalue weighted by Crippen LogP contribution is 2.59. The van der Waals surface area contributed by atoms with Gasteiger partial charge in [-0.05, 0) is 87.6 Å². The molecular formula is C28H38FN5O2. The molecule has 8 heteroatoms. The van der Waals surface area contributed by atoms with Crippen LogP contribution in [-0.2, 0) is 4.79 Å². The fourth-order valence-corrected chi connectivity index (χ4v) is 6.92. The average molecular weight is 496 g/mol. The SMILES string of the molecule is CNC(=O)C1(CC2(CCN3CCN(c4ccc(F)cc4)CC34CC4)CC2)CCN(c2ccon2)CC1. The lowest BCUT2D eigenvalue weighted by atomic mass is 9.69. The Morgan fingerprint density at radius 1 is 1.00 bits per heavy atom. The fourth-order valence-electron chi connectivity index (χ4n) is 6.92. The van der Waals surface area contributed by atoms with Gasteiger partial charge >= 0.3 is 0 Å². The highest BCUT2D eigenvalue weighted by molar-refractivity contribution is 5.83. The number of nitrogens with zero attached hydrogens (tertiary/aromatic N) is 4. The van der Waals surface area contributed by atoms with Gasteiger partial charge in [0.1, 0.15) is 12.1 Å². The summed E-state index contributed by atoms with van der Waals surface area (Å²) in [4.78, 5) is 20.6. The van der Waals surface area contributed by atoms with Crippen LogP contribution in [0.2, 0.25) is 0 Å². The number of anilines is 2. The van der Waals surface area contributed by atoms with Crippen LogP contribution in [0.15, 0.2) is 41.1 Å². The van der Waals surface area contributed by atoms with Crippen LogP contribution in [0.4, 0.5) is 15.9 Å². The molecule has 36 heavy (non-hydrogen) atoms. The Morgan fingerprint density at radius 3 is 2.36 bits per heavy atom. The van der Waals surface area contributed by atoms with Gasteiger partial charge in [-0.15, -0.1) is 0 Å². The van der Waals surface area contributed by atoms with Gasteiger partial charge in [-0.2, -0.15) is 0 Å². The average Bonchev–Trinajstić information content (AvgIpc) is 3.79. The quantitative estimate of drug-likeness (QED) is 0.596. The van der Waals surface area contributed by atoms with Crippen molar-refractivity contribution in [1.82, 2.24) is 15.4 Å². The van der Waals surface area contributed by atoms with Crippen molar-refractivity contribution in [3.05, 3.63) is 42.4 Å². The van der Waals surface area contributed by atoms with E-state index in [0.29, 0.717) is 5.41 Å². The summed E-state index contributed by atoms with van der Waals surface area (Å²) in [7, 11) is 1.78. The number of carbonyl (C=O) groups is 1. The number of piperazine rings is 1. The summed E-state index contributed by atoms with van der Waals surface area (Å²) in [5, 5.41) is 7.09. The Hall–Kier alpha value is -2.61. The summed E-state index contributed by atoms with van der Waals surface area (Å²) in [5.74, 6) is 0.905. The Morgan fingerprint density at radius 2 is 1.75 bits per heavy atom. The molecule has 7 nitrogen and oxygen atoms in total. The Labute approximate surface area is 213 Å². The second kappa shape index (κ2) is 9.05. The number of hydrogen-bond donors (Lipinski definition) is 1. The van der Waals surface area contributed by atoms with E-state index in [-0.39, 0.29) is 22.7 Å². The van der Waals surface area contributed by atoms with Crippen LogP contribution in [0.5, 0.6) is 0 Å². The number of aromatic nitrogens is 1. The molecule has 2 saturated heterocycles. The number of carbonyl (C=O) groups excluding carboxylic acids is 1. The van der Waals surface area contributed by atoms with Crippen molar-refractivity contribution in [3.8, 4) is 0 Å². The van der Waals surface area contributed by atoms with Crippen molar-refractivity contribution in [2.24, 2.45) is 10.8 Å². The lowest BCUT2D eigenvalue weighted by Gasteiger charge is -2.45. The van der Waals surface area contributed by atoms with Crippen LogP contribution in [0, 0.1) is 16.6 Å². The number of amides is 1. The first-order chi connectivity index (χ1) is 17.4. The highest BCUT2D eigenvalue weighted by Gasteiger charge is 2.55. The Balaban J connectivity index is 1.08. The predicted octanol–water partition coefficient (Wildman–Crippen LogP) is 4.06. The van der Waals surface area contributed by atoms with Gasteiger partial charge in [-0.1, -0.05) is 5.16 Å². The second-order valence-electron chi connectivity index (χ2n) is 11.7. The zero-order valence-corrected chi connectivity index (χ0v) is 21.3. The molecule has 1 spiro atoms. The van der Waals surface area contributed by atoms with E-state index in [1.807, 2.05) is 18.2 Å². The van der Waals surface area contributed by atoms with E-state index in [9.17, 15) is 9.18 Å². The molecule has 0 bridgehead atoms. The molecule has 2 aliphatic heterocycles. The Bertz CT molecular complexity index is 1060. The maximum atomic E-state index is 13.4. The molecule has 4 fully saturated rings. The minimum absolute atomic E-state index is 0.174. The van der Waals surface area contributed by atoms with Gasteiger partial charge in [0.25, 0.3) is 0 Å². The van der Waals surface area contributed by atoms with E-state index in [2.05, 4.69) is 25.2 Å². The third-order valence-corrected chi connectivity index (χ3v) is 9.57. The molecule has 0 radical (unpaired) electrons. The third-order valence-electron chi connectivity index (χ3n) is 9.57. The third kappa shape index (κ3) is 4.49. The monoisotopic (exact) mass is 495 g/mol. The smallest absolute Gasteiger partial charge is 0.226 e. The maximum Gasteiger partial charge on any atom is 0.226 e. The van der Waals surface area contributed by atoms with Gasteiger partial charge in [0.2, 0.25) is 5.91 Å². The number of nitrogens with one attached hydrogen (secondary N) is 1. The van der Waals surface area contributed by atoms with Crippen molar-refractivity contribution in [2.45, 2.75) is 56.9 Å². The first-order valence-electron chi connectivity index (χ1n) is 13.6. The molecule has 2 aromatic rings. The number of rotatable bonds is 8. The van der Waals surface area contributed by atoms with E-state index < -0.39 is 0 Å². The molecule has 4 aliphatic rings. The molecule has 6 rings (SSSR count). The van der Waals surface area contributed by atoms with Gasteiger partial charge in [-0.3, -0.25) is 9.69 Å². The number of hydrogen-bond acceptors (Lipinski definition) is 6. The maximum absolute atomic E-state index is 13.4. The van der Waals surface area contributed by atoms with Crippen LogP contribution in [0.25, 0.3) is 0 Å². The van der Waals surface area contributed by atoms with Crippen molar-refractivity contribution >= 4 is 17.4 Å². The summed E-state index contributed by atoms with van der Waals surface area (Å²) in [6.07, 6.45) is 10.5. The van der Waals surface area contributed by atoms with Gasteiger partial charge in [0.15, 0.2) is 5.82 Å². The van der Waals surface area contributed by atoms with Crippen LogP contribution in [0.3, 0.4) is 0 Å². The van der Waals surface area contributed by atoms with Crippen LogP contribution >= 0.6 is 0 Å². The molecule has 1 aromatic carbocycles. The number of halogens is 1. The van der Waals surface area contributed by atoms with E-state index in [0.717, 1.165) is 70.0 Å². The zero-order valence-electron chi connectivity index (χ0n) is 21.3. The lowest BCUT2D eigenvalue weighted by Crippen LogP contribution is -2.55. The van der Waals surface area contributed by atoms with Crippen molar-refractivity contribution < 1.29 is 13.7 Å².